The summed E-state index contributed by atoms with van der Waals surface area (Å²) >= 11 is 3.17. The van der Waals surface area contributed by atoms with Crippen LogP contribution in [0.5, 0.6) is 0 Å². The van der Waals surface area contributed by atoms with E-state index in [1.54, 1.807) is 18.7 Å². The minimum Gasteiger partial charge on any atom is -0.374 e. The summed E-state index contributed by atoms with van der Waals surface area (Å²) in [5.74, 6) is 0.0794. The zero-order valence-electron chi connectivity index (χ0n) is 10.4. The van der Waals surface area contributed by atoms with E-state index in [1.807, 2.05) is 6.92 Å². The van der Waals surface area contributed by atoms with E-state index in [4.69, 9.17) is 0 Å². The lowest BCUT2D eigenvalue weighted by Gasteiger charge is -2.22. The normalized spacial score (nSPS) is 11.6. The van der Waals surface area contributed by atoms with Crippen LogP contribution in [0.4, 0.5) is 5.00 Å². The third-order valence-corrected chi connectivity index (χ3v) is 4.59. The van der Waals surface area contributed by atoms with Crippen molar-refractivity contribution in [3.63, 3.8) is 0 Å². The number of hydrogen-bond acceptors (Lipinski definition) is 5. The Morgan fingerprint density at radius 2 is 2.19 bits per heavy atom. The topological polar surface area (TPSA) is 42.0 Å². The molecule has 0 unspecified atom stereocenters. The minimum absolute atomic E-state index is 0.0794. The predicted molar refractivity (Wildman–Crippen MR) is 72.9 cm³/mol. The molecule has 1 aromatic heterocycles. The summed E-state index contributed by atoms with van der Waals surface area (Å²) < 4.78 is 4.37. The first-order valence-corrected chi connectivity index (χ1v) is 7.13. The summed E-state index contributed by atoms with van der Waals surface area (Å²) in [6.45, 7) is 8.63. The summed E-state index contributed by atoms with van der Waals surface area (Å²) in [4.78, 5) is 11.5. The fourth-order valence-electron chi connectivity index (χ4n) is 1.27. The number of nitrogens with zero attached hydrogens (tertiary/aromatic N) is 1. The number of thioether (sulfide) groups is 1. The van der Waals surface area contributed by atoms with Crippen molar-refractivity contribution in [3.8, 4) is 0 Å². The summed E-state index contributed by atoms with van der Waals surface area (Å²) in [6.07, 6.45) is 2.09. The Labute approximate surface area is 105 Å². The van der Waals surface area contributed by atoms with E-state index in [1.165, 1.54) is 11.5 Å². The van der Waals surface area contributed by atoms with E-state index in [-0.39, 0.29) is 10.5 Å². The number of anilines is 1. The van der Waals surface area contributed by atoms with Crippen LogP contribution in [0, 0.1) is 6.92 Å². The van der Waals surface area contributed by atoms with Crippen LogP contribution in [0.1, 0.15) is 36.8 Å². The van der Waals surface area contributed by atoms with Crippen LogP contribution in [0.15, 0.2) is 0 Å². The van der Waals surface area contributed by atoms with Gasteiger partial charge in [0, 0.05) is 11.3 Å². The number of Topliss-reactive ketones (excluding diaryl/α,β-unsaturated/α-hetero) is 1. The molecule has 0 spiro atoms. The summed E-state index contributed by atoms with van der Waals surface area (Å²) in [7, 11) is 0. The Morgan fingerprint density at radius 3 is 2.69 bits per heavy atom. The highest BCUT2D eigenvalue weighted by molar-refractivity contribution is 7.99. The van der Waals surface area contributed by atoms with Crippen molar-refractivity contribution in [2.75, 3.05) is 18.1 Å². The van der Waals surface area contributed by atoms with E-state index >= 15 is 0 Å². The number of carbonyl (C=O) groups is 1. The van der Waals surface area contributed by atoms with Gasteiger partial charge in [0.15, 0.2) is 5.78 Å². The Balaban J connectivity index is 2.79. The van der Waals surface area contributed by atoms with Crippen molar-refractivity contribution in [3.05, 3.63) is 11.3 Å². The van der Waals surface area contributed by atoms with Crippen molar-refractivity contribution in [1.82, 2.24) is 4.37 Å². The zero-order valence-corrected chi connectivity index (χ0v) is 12.0. The largest absolute Gasteiger partial charge is 0.374 e. The highest BCUT2D eigenvalue weighted by Gasteiger charge is 2.19. The Morgan fingerprint density at radius 1 is 1.56 bits per heavy atom. The van der Waals surface area contributed by atoms with Crippen molar-refractivity contribution >= 4 is 34.1 Å². The molecule has 0 amide bonds. The molecule has 0 aliphatic rings. The van der Waals surface area contributed by atoms with Gasteiger partial charge in [0.25, 0.3) is 0 Å². The molecular weight excluding hydrogens is 240 g/mol. The monoisotopic (exact) mass is 258 g/mol. The van der Waals surface area contributed by atoms with Gasteiger partial charge in [-0.05, 0) is 45.5 Å². The van der Waals surface area contributed by atoms with Crippen LogP contribution in [0.2, 0.25) is 0 Å². The molecule has 0 saturated carbocycles. The van der Waals surface area contributed by atoms with Gasteiger partial charge in [0.05, 0.1) is 11.3 Å². The van der Waals surface area contributed by atoms with Gasteiger partial charge in [0.1, 0.15) is 5.00 Å². The average molecular weight is 258 g/mol. The second kappa shape index (κ2) is 5.19. The molecule has 0 saturated heterocycles. The number of aromatic nitrogens is 1. The van der Waals surface area contributed by atoms with Gasteiger partial charge in [-0.1, -0.05) is 0 Å². The molecule has 90 valence electrons. The molecule has 1 aromatic rings. The van der Waals surface area contributed by atoms with Crippen molar-refractivity contribution in [1.29, 1.82) is 0 Å². The molecule has 0 aliphatic carbocycles. The van der Waals surface area contributed by atoms with E-state index < -0.39 is 0 Å². The fraction of sp³-hybridized carbons (Fsp3) is 0.636. The molecule has 1 N–H and O–H groups in total. The predicted octanol–water partition coefficient (Wildman–Crippen LogP) is 3.21. The Bertz CT molecular complexity index is 385. The first kappa shape index (κ1) is 13.5. The number of nitrogens with one attached hydrogen (secondary N) is 1. The molecule has 0 aliphatic heterocycles. The smallest absolute Gasteiger partial charge is 0.164 e. The van der Waals surface area contributed by atoms with Gasteiger partial charge < -0.3 is 5.32 Å². The molecular formula is C11H18N2OS2. The maximum Gasteiger partial charge on any atom is 0.164 e. The highest BCUT2D eigenvalue weighted by atomic mass is 32.2. The summed E-state index contributed by atoms with van der Waals surface area (Å²) in [5.41, 5.74) is 1.56. The van der Waals surface area contributed by atoms with E-state index in [0.717, 1.165) is 22.8 Å². The number of ketones is 1. The van der Waals surface area contributed by atoms with Crippen LogP contribution in [-0.2, 0) is 0 Å². The first-order valence-electron chi connectivity index (χ1n) is 5.13. The van der Waals surface area contributed by atoms with Crippen molar-refractivity contribution in [2.45, 2.75) is 32.4 Å². The van der Waals surface area contributed by atoms with Crippen LogP contribution >= 0.6 is 23.3 Å². The lowest BCUT2D eigenvalue weighted by atomic mass is 10.1. The third-order valence-electron chi connectivity index (χ3n) is 2.44. The van der Waals surface area contributed by atoms with Gasteiger partial charge in [0.2, 0.25) is 0 Å². The quantitative estimate of drug-likeness (QED) is 0.824. The third kappa shape index (κ3) is 3.22. The molecule has 0 fully saturated rings. The molecule has 1 rings (SSSR count). The lowest BCUT2D eigenvalue weighted by molar-refractivity contribution is 0.101. The Hall–Kier alpha value is -0.550. The van der Waals surface area contributed by atoms with E-state index in [9.17, 15) is 4.79 Å². The zero-order chi connectivity index (χ0) is 12.3. The van der Waals surface area contributed by atoms with Crippen LogP contribution in [0.25, 0.3) is 0 Å². The lowest BCUT2D eigenvalue weighted by Crippen LogP contribution is -2.26. The van der Waals surface area contributed by atoms with Crippen molar-refractivity contribution in [2.24, 2.45) is 0 Å². The van der Waals surface area contributed by atoms with Crippen LogP contribution in [-0.4, -0.2) is 27.7 Å². The molecule has 0 radical (unpaired) electrons. The number of aryl methyl sites for hydroxylation is 1. The van der Waals surface area contributed by atoms with E-state index in [0.29, 0.717) is 0 Å². The van der Waals surface area contributed by atoms with Gasteiger partial charge in [-0.25, -0.2) is 0 Å². The maximum absolute atomic E-state index is 11.5. The molecule has 0 aromatic carbocycles. The molecule has 5 heteroatoms. The summed E-state index contributed by atoms with van der Waals surface area (Å²) in [5, 5.41) is 4.22. The van der Waals surface area contributed by atoms with Gasteiger partial charge in [-0.15, -0.1) is 0 Å². The van der Waals surface area contributed by atoms with Gasteiger partial charge in [-0.3, -0.25) is 4.79 Å². The standard InChI is InChI=1S/C11H18N2OS2/c1-7-9(8(2)14)10(16-13-7)12-6-11(3,4)15-5/h12H,6H2,1-5H3. The molecule has 0 atom stereocenters. The van der Waals surface area contributed by atoms with E-state index in [2.05, 4.69) is 29.8 Å². The van der Waals surface area contributed by atoms with Crippen LogP contribution in [0.3, 0.4) is 0 Å². The maximum atomic E-state index is 11.5. The van der Waals surface area contributed by atoms with Gasteiger partial charge >= 0.3 is 0 Å². The molecule has 0 bridgehead atoms. The summed E-state index contributed by atoms with van der Waals surface area (Å²) in [6, 6.07) is 0. The minimum atomic E-state index is 0.0794. The average Bonchev–Trinajstić information content (AvgIpc) is 2.57. The Kier molecular flexibility index (Phi) is 4.38. The number of hydrogen-bond donors (Lipinski definition) is 1. The van der Waals surface area contributed by atoms with Gasteiger partial charge in [-0.2, -0.15) is 16.1 Å². The number of carbonyl (C=O) groups excluding carboxylic acids is 1. The second-order valence-electron chi connectivity index (χ2n) is 4.35. The highest BCUT2D eigenvalue weighted by Crippen LogP contribution is 2.27. The van der Waals surface area contributed by atoms with Crippen molar-refractivity contribution < 1.29 is 4.79 Å². The number of rotatable bonds is 5. The molecule has 1 heterocycles. The SMILES string of the molecule is CSC(C)(C)CNc1snc(C)c1C(C)=O. The van der Waals surface area contributed by atoms with Crippen LogP contribution < -0.4 is 5.32 Å². The molecule has 16 heavy (non-hydrogen) atoms. The fourth-order valence-corrected chi connectivity index (χ4v) is 2.33. The second-order valence-corrected chi connectivity index (χ2v) is 6.63. The molecule has 3 nitrogen and oxygen atoms in total. The first-order chi connectivity index (χ1) is 7.37.